The van der Waals surface area contributed by atoms with E-state index >= 15 is 0 Å². The quantitative estimate of drug-likeness (QED) is 0.754. The molecule has 3 N–H and O–H groups in total. The second-order valence-corrected chi connectivity index (χ2v) is 5.63. The minimum absolute atomic E-state index is 0.0227. The van der Waals surface area contributed by atoms with E-state index in [9.17, 15) is 13.2 Å². The third-order valence-electron chi connectivity index (χ3n) is 2.41. The Kier molecular flexibility index (Phi) is 5.68. The van der Waals surface area contributed by atoms with E-state index in [-0.39, 0.29) is 10.5 Å². The fourth-order valence-electron chi connectivity index (χ4n) is 1.43. The zero-order chi connectivity index (χ0) is 15.9. The predicted octanol–water partition coefficient (Wildman–Crippen LogP) is 1.88. The van der Waals surface area contributed by atoms with Crippen LogP contribution in [0.4, 0.5) is 0 Å². The van der Waals surface area contributed by atoms with Crippen molar-refractivity contribution >= 4 is 15.9 Å². The van der Waals surface area contributed by atoms with Crippen LogP contribution in [0.15, 0.2) is 78.4 Å². The Balaban J connectivity index is 3.07. The fourth-order valence-corrected chi connectivity index (χ4v) is 2.49. The Morgan fingerprint density at radius 3 is 2.24 bits per heavy atom. The lowest BCUT2D eigenvalue weighted by Gasteiger charge is -2.08. The molecule has 6 heteroatoms. The summed E-state index contributed by atoms with van der Waals surface area (Å²) in [5, 5.41) is 0. The number of carbonyl (C=O) groups excluding carboxylic acids is 1. The number of hydrogen-bond acceptors (Lipinski definition) is 3. The number of benzene rings is 1. The summed E-state index contributed by atoms with van der Waals surface area (Å²) in [6.07, 6.45) is 7.63. The van der Waals surface area contributed by atoms with Gasteiger partial charge in [-0.3, -0.25) is 9.52 Å². The molecular formula is C15H16N2O3S. The monoisotopic (exact) mass is 304 g/mol. The molecule has 0 aromatic heterocycles. The maximum absolute atomic E-state index is 12.2. The topological polar surface area (TPSA) is 89.3 Å². The molecule has 0 spiro atoms. The van der Waals surface area contributed by atoms with Crippen molar-refractivity contribution in [3.8, 4) is 0 Å². The molecule has 0 fully saturated rings. The number of sulfonamides is 1. The van der Waals surface area contributed by atoms with Crippen LogP contribution in [0.1, 0.15) is 10.4 Å². The molecule has 1 rings (SSSR count). The van der Waals surface area contributed by atoms with Crippen LogP contribution in [-0.4, -0.2) is 14.3 Å². The van der Waals surface area contributed by atoms with Crippen LogP contribution in [0.3, 0.4) is 0 Å². The molecule has 1 aromatic carbocycles. The maximum atomic E-state index is 12.2. The summed E-state index contributed by atoms with van der Waals surface area (Å²) in [6, 6.07) is 5.33. The van der Waals surface area contributed by atoms with Gasteiger partial charge in [-0.2, -0.15) is 0 Å². The van der Waals surface area contributed by atoms with Crippen molar-refractivity contribution < 1.29 is 13.2 Å². The van der Waals surface area contributed by atoms with Gasteiger partial charge in [-0.1, -0.05) is 31.4 Å². The van der Waals surface area contributed by atoms with E-state index in [1.54, 1.807) is 12.2 Å². The van der Waals surface area contributed by atoms with Gasteiger partial charge >= 0.3 is 0 Å². The predicted molar refractivity (Wildman–Crippen MR) is 82.9 cm³/mol. The third kappa shape index (κ3) is 4.77. The van der Waals surface area contributed by atoms with Gasteiger partial charge < -0.3 is 5.73 Å². The number of hydrogen-bond donors (Lipinski definition) is 2. The van der Waals surface area contributed by atoms with Crippen molar-refractivity contribution in [3.63, 3.8) is 0 Å². The molecule has 5 nitrogen and oxygen atoms in total. The normalized spacial score (nSPS) is 12.1. The third-order valence-corrected chi connectivity index (χ3v) is 3.81. The summed E-state index contributed by atoms with van der Waals surface area (Å²) < 4.78 is 26.8. The molecule has 0 atom stereocenters. The van der Waals surface area contributed by atoms with Crippen molar-refractivity contribution in [2.45, 2.75) is 4.90 Å². The minimum atomic E-state index is -3.76. The van der Waals surface area contributed by atoms with Gasteiger partial charge in [0.2, 0.25) is 5.91 Å². The van der Waals surface area contributed by atoms with Gasteiger partial charge in [-0.05, 0) is 36.4 Å². The van der Waals surface area contributed by atoms with Gasteiger partial charge in [-0.25, -0.2) is 8.42 Å². The summed E-state index contributed by atoms with van der Waals surface area (Å²) >= 11 is 0. The number of nitrogens with one attached hydrogen (secondary N) is 1. The summed E-state index contributed by atoms with van der Waals surface area (Å²) in [4.78, 5) is 11.0. The Hall–Kier alpha value is -2.60. The van der Waals surface area contributed by atoms with Gasteiger partial charge in [0.1, 0.15) is 0 Å². The van der Waals surface area contributed by atoms with Crippen LogP contribution >= 0.6 is 0 Å². The molecule has 0 unspecified atom stereocenters. The molecular weight excluding hydrogens is 288 g/mol. The second kappa shape index (κ2) is 7.25. The first-order valence-electron chi connectivity index (χ1n) is 5.95. The number of nitrogens with two attached hydrogens (primary N) is 1. The highest BCUT2D eigenvalue weighted by molar-refractivity contribution is 7.89. The summed E-state index contributed by atoms with van der Waals surface area (Å²) in [5.74, 6) is -0.618. The SMILES string of the molecule is C=C/C=C\C(=C/C=C)NS(=O)(=O)c1ccc(C(N)=O)cc1. The molecule has 1 aromatic rings. The molecule has 0 aliphatic carbocycles. The molecule has 0 radical (unpaired) electrons. The number of allylic oxidation sites excluding steroid dienone is 5. The van der Waals surface area contributed by atoms with Crippen LogP contribution in [-0.2, 0) is 10.0 Å². The average Bonchev–Trinajstić information content (AvgIpc) is 2.45. The lowest BCUT2D eigenvalue weighted by Crippen LogP contribution is -2.22. The number of primary amides is 1. The van der Waals surface area contributed by atoms with Crippen LogP contribution < -0.4 is 10.5 Å². The van der Waals surface area contributed by atoms with E-state index in [1.807, 2.05) is 0 Å². The van der Waals surface area contributed by atoms with E-state index in [0.717, 1.165) is 0 Å². The van der Waals surface area contributed by atoms with Gasteiger partial charge in [0, 0.05) is 11.3 Å². The summed E-state index contributed by atoms with van der Waals surface area (Å²) in [6.45, 7) is 7.03. The molecule has 0 saturated carbocycles. The Labute approximate surface area is 124 Å². The molecule has 1 amide bonds. The van der Waals surface area contributed by atoms with Crippen molar-refractivity contribution in [3.05, 3.63) is 79.1 Å². The first-order chi connectivity index (χ1) is 9.90. The van der Waals surface area contributed by atoms with Crippen molar-refractivity contribution in [1.29, 1.82) is 0 Å². The first kappa shape index (κ1) is 16.5. The standard InChI is InChI=1S/C15H16N2O3S/c1-3-5-7-13(6-4-2)17-21(19,20)14-10-8-12(9-11-14)15(16)18/h3-11,17H,1-2H2,(H2,16,18)/b7-5-,13-6+. The Morgan fingerprint density at radius 1 is 1.14 bits per heavy atom. The average molecular weight is 304 g/mol. The zero-order valence-electron chi connectivity index (χ0n) is 11.3. The van der Waals surface area contributed by atoms with E-state index < -0.39 is 15.9 Å². The second-order valence-electron chi connectivity index (χ2n) is 3.95. The molecule has 0 saturated heterocycles. The lowest BCUT2D eigenvalue weighted by atomic mass is 10.2. The van der Waals surface area contributed by atoms with Gasteiger partial charge in [0.05, 0.1) is 4.90 Å². The van der Waals surface area contributed by atoms with Crippen LogP contribution in [0.5, 0.6) is 0 Å². The number of carbonyl (C=O) groups is 1. The number of amides is 1. The van der Waals surface area contributed by atoms with Crippen molar-refractivity contribution in [1.82, 2.24) is 4.72 Å². The van der Waals surface area contributed by atoms with Crippen LogP contribution in [0, 0.1) is 0 Å². The highest BCUT2D eigenvalue weighted by atomic mass is 32.2. The molecule has 0 aliphatic heterocycles. The van der Waals surface area contributed by atoms with Crippen molar-refractivity contribution in [2.75, 3.05) is 0 Å². The highest BCUT2D eigenvalue weighted by Crippen LogP contribution is 2.12. The maximum Gasteiger partial charge on any atom is 0.261 e. The van der Waals surface area contributed by atoms with Crippen LogP contribution in [0.2, 0.25) is 0 Å². The van der Waals surface area contributed by atoms with Crippen LogP contribution in [0.25, 0.3) is 0 Å². The van der Waals surface area contributed by atoms with E-state index in [4.69, 9.17) is 5.73 Å². The van der Waals surface area contributed by atoms with Gasteiger partial charge in [-0.15, -0.1) is 0 Å². The molecule has 0 aliphatic rings. The molecule has 110 valence electrons. The largest absolute Gasteiger partial charge is 0.366 e. The van der Waals surface area contributed by atoms with E-state index in [0.29, 0.717) is 5.70 Å². The van der Waals surface area contributed by atoms with E-state index in [1.165, 1.54) is 42.5 Å². The van der Waals surface area contributed by atoms with Crippen molar-refractivity contribution in [2.24, 2.45) is 5.73 Å². The van der Waals surface area contributed by atoms with Gasteiger partial charge in [0.25, 0.3) is 10.0 Å². The Morgan fingerprint density at radius 2 is 1.76 bits per heavy atom. The smallest absolute Gasteiger partial charge is 0.261 e. The zero-order valence-corrected chi connectivity index (χ0v) is 12.1. The van der Waals surface area contributed by atoms with E-state index in [2.05, 4.69) is 17.9 Å². The molecule has 0 bridgehead atoms. The first-order valence-corrected chi connectivity index (χ1v) is 7.43. The molecule has 21 heavy (non-hydrogen) atoms. The summed E-state index contributed by atoms with van der Waals surface area (Å²) in [5.41, 5.74) is 5.68. The lowest BCUT2D eigenvalue weighted by molar-refractivity contribution is 0.1000. The molecule has 0 heterocycles. The van der Waals surface area contributed by atoms with Gasteiger partial charge in [0.15, 0.2) is 0 Å². The number of rotatable bonds is 7. The minimum Gasteiger partial charge on any atom is -0.366 e. The fraction of sp³-hybridized carbons (Fsp3) is 0. The Bertz CT molecular complexity index is 699. The highest BCUT2D eigenvalue weighted by Gasteiger charge is 2.14. The summed E-state index contributed by atoms with van der Waals surface area (Å²) in [7, 11) is -3.76.